The van der Waals surface area contributed by atoms with Gasteiger partial charge in [-0.25, -0.2) is 4.79 Å². The molecule has 5 nitrogen and oxygen atoms in total. The fraction of sp³-hybridized carbons (Fsp3) is 0.308. The van der Waals surface area contributed by atoms with Crippen molar-refractivity contribution in [1.82, 2.24) is 14.1 Å². The first-order chi connectivity index (χ1) is 9.11. The molecule has 0 aliphatic rings. The van der Waals surface area contributed by atoms with Crippen molar-refractivity contribution in [2.45, 2.75) is 26.4 Å². The van der Waals surface area contributed by atoms with Gasteiger partial charge >= 0.3 is 5.69 Å². The average Bonchev–Trinajstić information content (AvgIpc) is 2.40. The summed E-state index contributed by atoms with van der Waals surface area (Å²) in [5.74, 6) is 0. The van der Waals surface area contributed by atoms with Crippen LogP contribution in [0.3, 0.4) is 0 Å². The van der Waals surface area contributed by atoms with Crippen LogP contribution in [-0.4, -0.2) is 14.1 Å². The standard InChI is InChI=1S/C13H14BrN3O2/c1-2-6-16-7-5-12(18)17(13(16)19)9-11-4-3-10(14)8-15-11/h3-5,7-8H,2,6,9H2,1H3. The first-order valence-electron chi connectivity index (χ1n) is 6.02. The lowest BCUT2D eigenvalue weighted by atomic mass is 10.3. The van der Waals surface area contributed by atoms with E-state index in [0.29, 0.717) is 12.2 Å². The Labute approximate surface area is 118 Å². The minimum Gasteiger partial charge on any atom is -0.300 e. The summed E-state index contributed by atoms with van der Waals surface area (Å²) in [5, 5.41) is 0. The monoisotopic (exact) mass is 323 g/mol. The SMILES string of the molecule is CCCn1ccc(=O)n(Cc2ccc(Br)cn2)c1=O. The van der Waals surface area contributed by atoms with Gasteiger partial charge in [0.1, 0.15) is 0 Å². The van der Waals surface area contributed by atoms with Gasteiger partial charge in [-0.15, -0.1) is 0 Å². The van der Waals surface area contributed by atoms with Gasteiger partial charge in [-0.3, -0.25) is 14.3 Å². The number of aryl methyl sites for hydroxylation is 1. The van der Waals surface area contributed by atoms with Crippen molar-refractivity contribution < 1.29 is 0 Å². The lowest BCUT2D eigenvalue weighted by molar-refractivity contribution is 0.567. The molecule has 100 valence electrons. The summed E-state index contributed by atoms with van der Waals surface area (Å²) in [4.78, 5) is 28.1. The summed E-state index contributed by atoms with van der Waals surface area (Å²) in [7, 11) is 0. The van der Waals surface area contributed by atoms with E-state index in [-0.39, 0.29) is 17.8 Å². The van der Waals surface area contributed by atoms with Crippen LogP contribution in [0.1, 0.15) is 19.0 Å². The van der Waals surface area contributed by atoms with Crippen molar-refractivity contribution in [1.29, 1.82) is 0 Å². The number of pyridine rings is 1. The quantitative estimate of drug-likeness (QED) is 0.859. The number of aromatic nitrogens is 3. The van der Waals surface area contributed by atoms with E-state index in [2.05, 4.69) is 20.9 Å². The van der Waals surface area contributed by atoms with Crippen molar-refractivity contribution in [2.75, 3.05) is 0 Å². The molecule has 0 amide bonds. The van der Waals surface area contributed by atoms with Crippen molar-refractivity contribution in [3.8, 4) is 0 Å². The van der Waals surface area contributed by atoms with E-state index in [1.807, 2.05) is 13.0 Å². The van der Waals surface area contributed by atoms with Crippen LogP contribution in [0.4, 0.5) is 0 Å². The number of nitrogens with zero attached hydrogens (tertiary/aromatic N) is 3. The molecule has 0 unspecified atom stereocenters. The van der Waals surface area contributed by atoms with Crippen LogP contribution >= 0.6 is 15.9 Å². The molecule has 0 aliphatic carbocycles. The molecule has 0 spiro atoms. The molecule has 2 heterocycles. The predicted molar refractivity (Wildman–Crippen MR) is 76.3 cm³/mol. The highest BCUT2D eigenvalue weighted by atomic mass is 79.9. The Kier molecular flexibility index (Phi) is 4.31. The van der Waals surface area contributed by atoms with Gasteiger partial charge in [0.15, 0.2) is 0 Å². The third-order valence-electron chi connectivity index (χ3n) is 2.71. The van der Waals surface area contributed by atoms with Gasteiger partial charge in [0.2, 0.25) is 0 Å². The summed E-state index contributed by atoms with van der Waals surface area (Å²) < 4.78 is 3.60. The summed E-state index contributed by atoms with van der Waals surface area (Å²) in [6.45, 7) is 2.78. The maximum Gasteiger partial charge on any atom is 0.331 e. The Morgan fingerprint density at radius 3 is 2.68 bits per heavy atom. The van der Waals surface area contributed by atoms with E-state index in [1.54, 1.807) is 23.0 Å². The first-order valence-corrected chi connectivity index (χ1v) is 6.82. The van der Waals surface area contributed by atoms with E-state index in [9.17, 15) is 9.59 Å². The van der Waals surface area contributed by atoms with Crippen LogP contribution in [0.2, 0.25) is 0 Å². The smallest absolute Gasteiger partial charge is 0.300 e. The summed E-state index contributed by atoms with van der Waals surface area (Å²) in [5.41, 5.74) is 0.0813. The van der Waals surface area contributed by atoms with Gasteiger partial charge in [0.25, 0.3) is 5.56 Å². The Morgan fingerprint density at radius 2 is 2.05 bits per heavy atom. The van der Waals surface area contributed by atoms with Crippen molar-refractivity contribution in [3.05, 3.63) is 61.6 Å². The Balaban J connectivity index is 2.39. The molecule has 2 aromatic rings. The van der Waals surface area contributed by atoms with Crippen LogP contribution in [0.5, 0.6) is 0 Å². The number of rotatable bonds is 4. The molecule has 0 aromatic carbocycles. The minimum absolute atomic E-state index is 0.190. The van der Waals surface area contributed by atoms with Crippen LogP contribution in [0.25, 0.3) is 0 Å². The fourth-order valence-electron chi connectivity index (χ4n) is 1.78. The van der Waals surface area contributed by atoms with Gasteiger partial charge in [-0.2, -0.15) is 0 Å². The first kappa shape index (κ1) is 13.7. The molecule has 2 rings (SSSR count). The highest BCUT2D eigenvalue weighted by Gasteiger charge is 2.06. The van der Waals surface area contributed by atoms with E-state index < -0.39 is 0 Å². The molecular weight excluding hydrogens is 310 g/mol. The van der Waals surface area contributed by atoms with Crippen LogP contribution < -0.4 is 11.2 Å². The maximum atomic E-state index is 12.1. The molecule has 0 saturated carbocycles. The topological polar surface area (TPSA) is 56.9 Å². The van der Waals surface area contributed by atoms with Crippen LogP contribution in [0.15, 0.2) is 44.7 Å². The Bertz CT molecular complexity index is 674. The van der Waals surface area contributed by atoms with E-state index in [0.717, 1.165) is 10.9 Å². The fourth-order valence-corrected chi connectivity index (χ4v) is 2.01. The van der Waals surface area contributed by atoms with Gasteiger partial charge < -0.3 is 4.57 Å². The number of hydrogen-bond donors (Lipinski definition) is 0. The number of halogens is 1. The molecule has 0 bridgehead atoms. The van der Waals surface area contributed by atoms with Gasteiger partial charge in [0, 0.05) is 29.5 Å². The predicted octanol–water partition coefficient (Wildman–Crippen LogP) is 1.63. The summed E-state index contributed by atoms with van der Waals surface area (Å²) in [6.07, 6.45) is 4.03. The molecule has 0 aliphatic heterocycles. The zero-order chi connectivity index (χ0) is 13.8. The van der Waals surface area contributed by atoms with Crippen molar-refractivity contribution in [2.24, 2.45) is 0 Å². The second-order valence-electron chi connectivity index (χ2n) is 4.18. The second kappa shape index (κ2) is 5.97. The summed E-state index contributed by atoms with van der Waals surface area (Å²) >= 11 is 3.30. The lowest BCUT2D eigenvalue weighted by Gasteiger charge is -2.08. The third kappa shape index (κ3) is 3.20. The molecule has 19 heavy (non-hydrogen) atoms. The molecule has 0 saturated heterocycles. The minimum atomic E-state index is -0.304. The number of hydrogen-bond acceptors (Lipinski definition) is 3. The van der Waals surface area contributed by atoms with Gasteiger partial charge in [-0.1, -0.05) is 6.92 Å². The van der Waals surface area contributed by atoms with Crippen LogP contribution in [0, 0.1) is 0 Å². The van der Waals surface area contributed by atoms with Crippen molar-refractivity contribution in [3.63, 3.8) is 0 Å². The molecule has 6 heteroatoms. The van der Waals surface area contributed by atoms with Crippen molar-refractivity contribution >= 4 is 15.9 Å². The third-order valence-corrected chi connectivity index (χ3v) is 3.18. The lowest BCUT2D eigenvalue weighted by Crippen LogP contribution is -2.39. The molecule has 0 fully saturated rings. The normalized spacial score (nSPS) is 10.6. The molecular formula is C13H14BrN3O2. The van der Waals surface area contributed by atoms with Gasteiger partial charge in [-0.05, 0) is 34.5 Å². The molecule has 2 aromatic heterocycles. The Hall–Kier alpha value is -1.69. The maximum absolute atomic E-state index is 12.1. The Morgan fingerprint density at radius 1 is 1.26 bits per heavy atom. The van der Waals surface area contributed by atoms with Crippen LogP contribution in [-0.2, 0) is 13.1 Å². The highest BCUT2D eigenvalue weighted by molar-refractivity contribution is 9.10. The summed E-state index contributed by atoms with van der Waals surface area (Å²) in [6, 6.07) is 5.03. The molecule has 0 atom stereocenters. The molecule has 0 radical (unpaired) electrons. The largest absolute Gasteiger partial charge is 0.331 e. The zero-order valence-corrected chi connectivity index (χ0v) is 12.1. The van der Waals surface area contributed by atoms with E-state index in [4.69, 9.17) is 0 Å². The molecule has 0 N–H and O–H groups in total. The highest BCUT2D eigenvalue weighted by Crippen LogP contribution is 2.07. The zero-order valence-electron chi connectivity index (χ0n) is 10.5. The van der Waals surface area contributed by atoms with Gasteiger partial charge in [0.05, 0.1) is 12.2 Å². The second-order valence-corrected chi connectivity index (χ2v) is 5.10. The van der Waals surface area contributed by atoms with E-state index >= 15 is 0 Å². The average molecular weight is 324 g/mol. The van der Waals surface area contributed by atoms with E-state index in [1.165, 1.54) is 10.6 Å².